The molecule has 1 aromatic carbocycles. The Morgan fingerprint density at radius 1 is 1.42 bits per heavy atom. The Morgan fingerprint density at radius 3 is 2.74 bits per heavy atom. The van der Waals surface area contributed by atoms with Gasteiger partial charge in [-0.1, -0.05) is 23.7 Å². The molecule has 2 N–H and O–H groups in total. The summed E-state index contributed by atoms with van der Waals surface area (Å²) < 4.78 is 6.77. The van der Waals surface area contributed by atoms with E-state index in [1.54, 1.807) is 24.3 Å². The van der Waals surface area contributed by atoms with E-state index in [0.717, 1.165) is 0 Å². The van der Waals surface area contributed by atoms with Crippen molar-refractivity contribution in [1.29, 1.82) is 0 Å². The van der Waals surface area contributed by atoms with Crippen molar-refractivity contribution in [2.45, 2.75) is 19.9 Å². The molecule has 0 unspecified atom stereocenters. The van der Waals surface area contributed by atoms with Gasteiger partial charge in [-0.25, -0.2) is 4.79 Å². The van der Waals surface area contributed by atoms with Crippen molar-refractivity contribution < 1.29 is 9.53 Å². The molecule has 0 saturated carbocycles. The molecular weight excluding hydrogens is 266 g/mol. The van der Waals surface area contributed by atoms with Gasteiger partial charge in [-0.05, 0) is 26.0 Å². The molecule has 100 valence electrons. The number of esters is 1. The van der Waals surface area contributed by atoms with Gasteiger partial charge < -0.3 is 10.5 Å². The first-order valence-corrected chi connectivity index (χ1v) is 6.18. The van der Waals surface area contributed by atoms with Crippen LogP contribution in [0.1, 0.15) is 30.4 Å². The summed E-state index contributed by atoms with van der Waals surface area (Å²) in [6, 6.07) is 6.76. The number of ether oxygens (including phenoxy) is 1. The second kappa shape index (κ2) is 5.32. The SMILES string of the molecule is CC(C)n1ncc(N)c1C(=O)Oc1ccccc1Cl. The van der Waals surface area contributed by atoms with E-state index in [1.807, 2.05) is 13.8 Å². The summed E-state index contributed by atoms with van der Waals surface area (Å²) in [5.74, 6) is -0.276. The molecule has 0 radical (unpaired) electrons. The van der Waals surface area contributed by atoms with Gasteiger partial charge in [-0.15, -0.1) is 0 Å². The van der Waals surface area contributed by atoms with E-state index in [9.17, 15) is 4.79 Å². The maximum Gasteiger partial charge on any atom is 0.364 e. The number of hydrogen-bond acceptors (Lipinski definition) is 4. The lowest BCUT2D eigenvalue weighted by atomic mass is 10.3. The normalized spacial score (nSPS) is 10.7. The Balaban J connectivity index is 2.31. The zero-order valence-corrected chi connectivity index (χ0v) is 11.4. The Hall–Kier alpha value is -2.01. The Labute approximate surface area is 115 Å². The number of hydrogen-bond donors (Lipinski definition) is 1. The van der Waals surface area contributed by atoms with Gasteiger partial charge in [-0.2, -0.15) is 5.10 Å². The van der Waals surface area contributed by atoms with E-state index in [1.165, 1.54) is 10.9 Å². The lowest BCUT2D eigenvalue weighted by Gasteiger charge is -2.11. The van der Waals surface area contributed by atoms with Crippen molar-refractivity contribution >= 4 is 23.3 Å². The van der Waals surface area contributed by atoms with Gasteiger partial charge in [0.1, 0.15) is 5.75 Å². The van der Waals surface area contributed by atoms with E-state index < -0.39 is 5.97 Å². The lowest BCUT2D eigenvalue weighted by molar-refractivity contribution is 0.0721. The van der Waals surface area contributed by atoms with Crippen molar-refractivity contribution in [1.82, 2.24) is 9.78 Å². The second-order valence-electron chi connectivity index (χ2n) is 4.31. The maximum absolute atomic E-state index is 12.2. The van der Waals surface area contributed by atoms with Gasteiger partial charge in [0.2, 0.25) is 0 Å². The fraction of sp³-hybridized carbons (Fsp3) is 0.231. The topological polar surface area (TPSA) is 70.1 Å². The number of para-hydroxylation sites is 1. The summed E-state index contributed by atoms with van der Waals surface area (Å²) in [5, 5.41) is 4.42. The largest absolute Gasteiger partial charge is 0.420 e. The first kappa shape index (κ1) is 13.4. The van der Waals surface area contributed by atoms with E-state index in [0.29, 0.717) is 10.8 Å². The molecule has 2 aromatic rings. The van der Waals surface area contributed by atoms with Gasteiger partial charge in [0, 0.05) is 6.04 Å². The molecule has 1 aromatic heterocycles. The average molecular weight is 280 g/mol. The summed E-state index contributed by atoms with van der Waals surface area (Å²) in [5.41, 5.74) is 6.27. The maximum atomic E-state index is 12.2. The molecule has 1 heterocycles. The van der Waals surface area contributed by atoms with Crippen LogP contribution in [0.5, 0.6) is 5.75 Å². The first-order chi connectivity index (χ1) is 9.00. The van der Waals surface area contributed by atoms with Crippen LogP contribution in [-0.2, 0) is 0 Å². The van der Waals surface area contributed by atoms with Crippen LogP contribution in [0.3, 0.4) is 0 Å². The highest BCUT2D eigenvalue weighted by Gasteiger charge is 2.21. The van der Waals surface area contributed by atoms with Crippen LogP contribution in [-0.4, -0.2) is 15.7 Å². The lowest BCUT2D eigenvalue weighted by Crippen LogP contribution is -2.18. The van der Waals surface area contributed by atoms with Gasteiger partial charge in [0.25, 0.3) is 0 Å². The molecule has 0 bridgehead atoms. The number of carbonyl (C=O) groups is 1. The molecule has 0 amide bonds. The van der Waals surface area contributed by atoms with E-state index in [-0.39, 0.29) is 17.4 Å². The minimum atomic E-state index is -0.572. The van der Waals surface area contributed by atoms with Gasteiger partial charge in [0.15, 0.2) is 5.69 Å². The van der Waals surface area contributed by atoms with Crippen molar-refractivity contribution in [3.8, 4) is 5.75 Å². The zero-order chi connectivity index (χ0) is 14.0. The van der Waals surface area contributed by atoms with Crippen LogP contribution >= 0.6 is 11.6 Å². The predicted octanol–water partition coefficient (Wildman–Crippen LogP) is 2.92. The third-order valence-electron chi connectivity index (χ3n) is 2.55. The number of nitrogen functional groups attached to an aromatic ring is 1. The van der Waals surface area contributed by atoms with E-state index in [2.05, 4.69) is 5.10 Å². The fourth-order valence-corrected chi connectivity index (χ4v) is 1.83. The number of nitrogens with zero attached hydrogens (tertiary/aromatic N) is 2. The van der Waals surface area contributed by atoms with Crippen LogP contribution in [0.15, 0.2) is 30.5 Å². The quantitative estimate of drug-likeness (QED) is 0.693. The molecule has 0 saturated heterocycles. The molecule has 0 spiro atoms. The van der Waals surface area contributed by atoms with Crippen molar-refractivity contribution in [2.75, 3.05) is 5.73 Å². The Morgan fingerprint density at radius 2 is 2.11 bits per heavy atom. The van der Waals surface area contributed by atoms with Crippen molar-refractivity contribution in [3.05, 3.63) is 41.2 Å². The number of anilines is 1. The zero-order valence-electron chi connectivity index (χ0n) is 10.6. The monoisotopic (exact) mass is 279 g/mol. The van der Waals surface area contributed by atoms with Crippen LogP contribution in [0.4, 0.5) is 5.69 Å². The fourth-order valence-electron chi connectivity index (χ4n) is 1.65. The van der Waals surface area contributed by atoms with Gasteiger partial charge in [-0.3, -0.25) is 4.68 Å². The molecule has 0 aliphatic heterocycles. The summed E-state index contributed by atoms with van der Waals surface area (Å²) >= 11 is 5.94. The minimum Gasteiger partial charge on any atom is -0.420 e. The minimum absolute atomic E-state index is 0.00564. The van der Waals surface area contributed by atoms with Crippen LogP contribution in [0.25, 0.3) is 0 Å². The standard InChI is InChI=1S/C13H14ClN3O2/c1-8(2)17-12(10(15)7-16-17)13(18)19-11-6-4-3-5-9(11)14/h3-8H,15H2,1-2H3. The number of carbonyl (C=O) groups excluding carboxylic acids is 1. The second-order valence-corrected chi connectivity index (χ2v) is 4.71. The summed E-state index contributed by atoms with van der Waals surface area (Å²) in [4.78, 5) is 12.2. The number of halogens is 1. The van der Waals surface area contributed by atoms with Crippen molar-refractivity contribution in [2.24, 2.45) is 0 Å². The third kappa shape index (κ3) is 2.71. The van der Waals surface area contributed by atoms with Gasteiger partial charge in [0.05, 0.1) is 16.9 Å². The van der Waals surface area contributed by atoms with Crippen LogP contribution < -0.4 is 10.5 Å². The number of benzene rings is 1. The molecule has 6 heteroatoms. The van der Waals surface area contributed by atoms with Crippen molar-refractivity contribution in [3.63, 3.8) is 0 Å². The molecule has 19 heavy (non-hydrogen) atoms. The average Bonchev–Trinajstić information content (AvgIpc) is 2.74. The first-order valence-electron chi connectivity index (χ1n) is 5.80. The highest BCUT2D eigenvalue weighted by molar-refractivity contribution is 6.32. The number of aromatic nitrogens is 2. The number of nitrogens with two attached hydrogens (primary N) is 1. The highest BCUT2D eigenvalue weighted by atomic mass is 35.5. The van der Waals surface area contributed by atoms with Gasteiger partial charge >= 0.3 is 5.97 Å². The van der Waals surface area contributed by atoms with Crippen LogP contribution in [0, 0.1) is 0 Å². The summed E-state index contributed by atoms with van der Waals surface area (Å²) in [6.07, 6.45) is 1.43. The molecule has 0 fully saturated rings. The molecular formula is C13H14ClN3O2. The molecule has 5 nitrogen and oxygen atoms in total. The predicted molar refractivity (Wildman–Crippen MR) is 73.4 cm³/mol. The summed E-state index contributed by atoms with van der Waals surface area (Å²) in [7, 11) is 0. The van der Waals surface area contributed by atoms with E-state index in [4.69, 9.17) is 22.1 Å². The smallest absolute Gasteiger partial charge is 0.364 e. The van der Waals surface area contributed by atoms with E-state index >= 15 is 0 Å². The highest BCUT2D eigenvalue weighted by Crippen LogP contribution is 2.25. The Bertz CT molecular complexity index is 608. The number of rotatable bonds is 3. The molecule has 0 aliphatic carbocycles. The van der Waals surface area contributed by atoms with Crippen LogP contribution in [0.2, 0.25) is 5.02 Å². The molecule has 0 aliphatic rings. The Kier molecular flexibility index (Phi) is 3.76. The third-order valence-corrected chi connectivity index (χ3v) is 2.86. The molecule has 2 rings (SSSR count). The molecule has 0 atom stereocenters. The summed E-state index contributed by atoms with van der Waals surface area (Å²) in [6.45, 7) is 3.80.